The minimum absolute atomic E-state index is 0.0420. The number of rotatable bonds is 4. The van der Waals surface area contributed by atoms with Crippen LogP contribution in [0.3, 0.4) is 0 Å². The predicted molar refractivity (Wildman–Crippen MR) is 78.1 cm³/mol. The number of nitrogens with zero attached hydrogens (tertiary/aromatic N) is 1. The van der Waals surface area contributed by atoms with E-state index in [4.69, 9.17) is 11.7 Å². The summed E-state index contributed by atoms with van der Waals surface area (Å²) in [6.45, 7) is 7.07. The number of carboxylic acids is 1. The van der Waals surface area contributed by atoms with Gasteiger partial charge in [-0.05, 0) is 36.4 Å². The van der Waals surface area contributed by atoms with Gasteiger partial charge in [-0.2, -0.15) is 0 Å². The van der Waals surface area contributed by atoms with Crippen LogP contribution >= 0.6 is 0 Å². The fraction of sp³-hybridized carbons (Fsp3) is 0.0625. The summed E-state index contributed by atoms with van der Waals surface area (Å²) in [4.78, 5) is 26.5. The van der Waals surface area contributed by atoms with E-state index in [2.05, 4.69) is 10.2 Å². The van der Waals surface area contributed by atoms with Crippen molar-refractivity contribution in [2.24, 2.45) is 0 Å². The highest BCUT2D eigenvalue weighted by Crippen LogP contribution is 2.14. The molecule has 2 rings (SSSR count). The number of nitrogens with one attached hydrogen (secondary N) is 1. The molecule has 0 radical (unpaired) electrons. The maximum atomic E-state index is 12.1. The SMILES string of the molecule is [C-]#[N+]Cc1ccc(NC(=O)c2ccccc2C(=O)O)cc1. The number of carbonyl (C=O) groups excluding carboxylic acids is 1. The van der Waals surface area contributed by atoms with Crippen LogP contribution in [0.2, 0.25) is 0 Å². The van der Waals surface area contributed by atoms with Gasteiger partial charge >= 0.3 is 5.97 Å². The van der Waals surface area contributed by atoms with Gasteiger partial charge in [0.2, 0.25) is 6.54 Å². The first-order valence-electron chi connectivity index (χ1n) is 6.17. The summed E-state index contributed by atoms with van der Waals surface area (Å²) in [6.07, 6.45) is 0. The van der Waals surface area contributed by atoms with Crippen LogP contribution in [0.25, 0.3) is 4.85 Å². The lowest BCUT2D eigenvalue weighted by molar-refractivity contribution is 0.0692. The zero-order valence-corrected chi connectivity index (χ0v) is 11.0. The molecule has 0 fully saturated rings. The summed E-state index contributed by atoms with van der Waals surface area (Å²) in [7, 11) is 0. The Morgan fingerprint density at radius 2 is 1.67 bits per heavy atom. The standard InChI is InChI=1S/C16H12N2O3/c1-17-10-11-6-8-12(9-7-11)18-15(19)13-4-2-3-5-14(13)16(20)21/h2-9H,10H2,(H,18,19)(H,20,21). The van der Waals surface area contributed by atoms with Gasteiger partial charge in [-0.25, -0.2) is 11.4 Å². The monoisotopic (exact) mass is 280 g/mol. The number of anilines is 1. The number of benzene rings is 2. The summed E-state index contributed by atoms with van der Waals surface area (Å²) >= 11 is 0. The predicted octanol–water partition coefficient (Wildman–Crippen LogP) is 3.06. The zero-order valence-electron chi connectivity index (χ0n) is 11.0. The van der Waals surface area contributed by atoms with Crippen LogP contribution in [0.15, 0.2) is 48.5 Å². The van der Waals surface area contributed by atoms with E-state index in [1.807, 2.05) is 0 Å². The van der Waals surface area contributed by atoms with Gasteiger partial charge < -0.3 is 15.3 Å². The van der Waals surface area contributed by atoms with E-state index in [0.29, 0.717) is 5.69 Å². The maximum Gasteiger partial charge on any atom is 0.336 e. The molecule has 0 aliphatic heterocycles. The van der Waals surface area contributed by atoms with Crippen molar-refractivity contribution >= 4 is 17.6 Å². The molecule has 2 aromatic rings. The van der Waals surface area contributed by atoms with Crippen LogP contribution in [-0.4, -0.2) is 17.0 Å². The van der Waals surface area contributed by atoms with Gasteiger partial charge in [-0.3, -0.25) is 4.79 Å². The van der Waals surface area contributed by atoms with Crippen LogP contribution in [0.4, 0.5) is 5.69 Å². The molecule has 0 bridgehead atoms. The molecule has 0 atom stereocenters. The van der Waals surface area contributed by atoms with Gasteiger partial charge in [-0.1, -0.05) is 12.1 Å². The summed E-state index contributed by atoms with van der Waals surface area (Å²) in [6, 6.07) is 12.9. The fourth-order valence-electron chi connectivity index (χ4n) is 1.85. The lowest BCUT2D eigenvalue weighted by atomic mass is 10.1. The Morgan fingerprint density at radius 1 is 1.05 bits per heavy atom. The highest BCUT2D eigenvalue weighted by molar-refractivity contribution is 6.10. The van der Waals surface area contributed by atoms with Gasteiger partial charge in [0.15, 0.2) is 0 Å². The lowest BCUT2D eigenvalue weighted by Gasteiger charge is -2.07. The fourth-order valence-corrected chi connectivity index (χ4v) is 1.85. The van der Waals surface area contributed by atoms with Crippen LogP contribution in [-0.2, 0) is 6.54 Å². The molecule has 5 heteroatoms. The molecule has 2 aromatic carbocycles. The van der Waals surface area contributed by atoms with Crippen molar-refractivity contribution in [2.45, 2.75) is 6.54 Å². The Bertz CT molecular complexity index is 715. The van der Waals surface area contributed by atoms with Crippen molar-refractivity contribution < 1.29 is 14.7 Å². The molecule has 1 amide bonds. The van der Waals surface area contributed by atoms with Gasteiger partial charge in [0, 0.05) is 11.3 Å². The number of carboxylic acid groups (broad SMARTS) is 1. The van der Waals surface area contributed by atoms with Crippen molar-refractivity contribution in [3.63, 3.8) is 0 Å². The van der Waals surface area contributed by atoms with E-state index in [1.165, 1.54) is 12.1 Å². The Balaban J connectivity index is 2.19. The van der Waals surface area contributed by atoms with E-state index >= 15 is 0 Å². The third-order valence-corrected chi connectivity index (χ3v) is 2.88. The molecule has 0 spiro atoms. The van der Waals surface area contributed by atoms with Crippen molar-refractivity contribution in [2.75, 3.05) is 5.32 Å². The number of hydrogen-bond acceptors (Lipinski definition) is 2. The topological polar surface area (TPSA) is 70.8 Å². The van der Waals surface area contributed by atoms with E-state index in [1.54, 1.807) is 36.4 Å². The third-order valence-electron chi connectivity index (χ3n) is 2.88. The van der Waals surface area contributed by atoms with Crippen molar-refractivity contribution in [3.05, 3.63) is 76.6 Å². The van der Waals surface area contributed by atoms with Crippen molar-refractivity contribution in [1.29, 1.82) is 0 Å². The maximum absolute atomic E-state index is 12.1. The second kappa shape index (κ2) is 6.35. The number of amides is 1. The highest BCUT2D eigenvalue weighted by atomic mass is 16.4. The highest BCUT2D eigenvalue weighted by Gasteiger charge is 2.15. The molecule has 0 unspecified atom stereocenters. The molecule has 0 aliphatic rings. The summed E-state index contributed by atoms with van der Waals surface area (Å²) in [5, 5.41) is 11.7. The largest absolute Gasteiger partial charge is 0.478 e. The van der Waals surface area contributed by atoms with E-state index < -0.39 is 11.9 Å². The molecular formula is C16H12N2O3. The Kier molecular flexibility index (Phi) is 4.32. The molecule has 2 N–H and O–H groups in total. The summed E-state index contributed by atoms with van der Waals surface area (Å²) in [5.41, 5.74) is 1.47. The van der Waals surface area contributed by atoms with Crippen molar-refractivity contribution in [3.8, 4) is 0 Å². The smallest absolute Gasteiger partial charge is 0.336 e. The Labute approximate surface area is 121 Å². The first-order valence-corrected chi connectivity index (χ1v) is 6.17. The molecule has 0 aliphatic carbocycles. The van der Waals surface area contributed by atoms with Gasteiger partial charge in [0.05, 0.1) is 11.1 Å². The average Bonchev–Trinajstić information content (AvgIpc) is 2.49. The van der Waals surface area contributed by atoms with E-state index in [-0.39, 0.29) is 17.7 Å². The zero-order chi connectivity index (χ0) is 15.2. The molecule has 21 heavy (non-hydrogen) atoms. The normalized spacial score (nSPS) is 9.67. The number of carbonyl (C=O) groups is 2. The van der Waals surface area contributed by atoms with Crippen LogP contribution in [0, 0.1) is 6.57 Å². The van der Waals surface area contributed by atoms with Gasteiger partial charge in [-0.15, -0.1) is 0 Å². The number of hydrogen-bond donors (Lipinski definition) is 2. The van der Waals surface area contributed by atoms with Crippen molar-refractivity contribution in [1.82, 2.24) is 0 Å². The molecule has 5 nitrogen and oxygen atoms in total. The molecule has 0 aromatic heterocycles. The average molecular weight is 280 g/mol. The first kappa shape index (κ1) is 14.3. The molecule has 104 valence electrons. The van der Waals surface area contributed by atoms with Gasteiger partial charge in [0.1, 0.15) is 0 Å². The van der Waals surface area contributed by atoms with Crippen LogP contribution < -0.4 is 5.32 Å². The lowest BCUT2D eigenvalue weighted by Crippen LogP contribution is -2.16. The van der Waals surface area contributed by atoms with Gasteiger partial charge in [0.25, 0.3) is 5.91 Å². The molecule has 0 heterocycles. The third kappa shape index (κ3) is 3.45. The Hall–Kier alpha value is -3.13. The number of aromatic carboxylic acids is 1. The minimum atomic E-state index is -1.15. The van der Waals surface area contributed by atoms with E-state index in [0.717, 1.165) is 5.56 Å². The molecular weight excluding hydrogens is 268 g/mol. The molecule has 0 saturated carbocycles. The molecule has 0 saturated heterocycles. The summed E-state index contributed by atoms with van der Waals surface area (Å²) in [5.74, 6) is -1.63. The summed E-state index contributed by atoms with van der Waals surface area (Å²) < 4.78 is 0. The minimum Gasteiger partial charge on any atom is -0.478 e. The Morgan fingerprint density at radius 3 is 2.24 bits per heavy atom. The second-order valence-corrected chi connectivity index (χ2v) is 4.32. The van der Waals surface area contributed by atoms with Crippen LogP contribution in [0.5, 0.6) is 0 Å². The van der Waals surface area contributed by atoms with E-state index in [9.17, 15) is 9.59 Å². The van der Waals surface area contributed by atoms with Crippen LogP contribution in [0.1, 0.15) is 26.3 Å². The second-order valence-electron chi connectivity index (χ2n) is 4.32. The quantitative estimate of drug-likeness (QED) is 0.845. The first-order chi connectivity index (χ1) is 10.1.